The highest BCUT2D eigenvalue weighted by Gasteiger charge is 2.67. The lowest BCUT2D eigenvalue weighted by Gasteiger charge is -2.51. The Kier molecular flexibility index (Phi) is 3.29. The van der Waals surface area contributed by atoms with Crippen molar-refractivity contribution in [2.75, 3.05) is 25.5 Å². The van der Waals surface area contributed by atoms with Gasteiger partial charge in [0.25, 0.3) is 0 Å². The molecule has 2 saturated heterocycles. The Balaban J connectivity index is 0.00000146. The highest BCUT2D eigenvalue weighted by atomic mass is 35.5. The average Bonchev–Trinajstić information content (AvgIpc) is 3.08. The number of nitrogens with zero attached hydrogens (tertiary/aromatic N) is 1. The summed E-state index contributed by atoms with van der Waals surface area (Å²) in [7, 11) is 2.42. The monoisotopic (exact) mass is 342 g/mol. The van der Waals surface area contributed by atoms with E-state index in [4.69, 9.17) is 0 Å². The van der Waals surface area contributed by atoms with Crippen LogP contribution in [-0.4, -0.2) is 36.9 Å². The second kappa shape index (κ2) is 4.96. The van der Waals surface area contributed by atoms with E-state index in [2.05, 4.69) is 49.6 Å². The molecule has 24 heavy (non-hydrogen) atoms. The Morgan fingerprint density at radius 1 is 1.33 bits per heavy atom. The summed E-state index contributed by atoms with van der Waals surface area (Å²) in [6, 6.07) is 9.27. The van der Waals surface area contributed by atoms with Gasteiger partial charge in [0.15, 0.2) is 0 Å². The standard InChI is InChI=1S/C20H22N2O.ClH/c1-3-13-11-22(2)9-8-20-16-6-4-5-7-17(16)21-19(20)15(12-23)14(13)10-18(20)22;/h3-7,12,14,18H,8-11H2,1-2H3;1H/b13-3-;. The van der Waals surface area contributed by atoms with Gasteiger partial charge in [0.05, 0.1) is 19.0 Å². The van der Waals surface area contributed by atoms with E-state index in [0.29, 0.717) is 12.0 Å². The molecule has 1 spiro atoms. The number of para-hydroxylation sites is 1. The smallest absolute Gasteiger partial charge is 0.148 e. The third kappa shape index (κ3) is 1.60. The van der Waals surface area contributed by atoms with Crippen molar-refractivity contribution in [3.8, 4) is 0 Å². The lowest BCUT2D eigenvalue weighted by atomic mass is 9.61. The molecule has 1 N–H and O–H groups in total. The van der Waals surface area contributed by atoms with E-state index in [1.165, 1.54) is 29.1 Å². The van der Waals surface area contributed by atoms with Crippen molar-refractivity contribution in [1.82, 2.24) is 0 Å². The predicted molar refractivity (Wildman–Crippen MR) is 91.0 cm³/mol. The van der Waals surface area contributed by atoms with Crippen LogP contribution in [0.25, 0.3) is 0 Å². The Labute approximate surface area is 149 Å². The zero-order valence-corrected chi connectivity index (χ0v) is 14.9. The fourth-order valence-electron chi connectivity index (χ4n) is 6.07. The Hall–Kier alpha value is -1.58. The molecule has 0 amide bonds. The number of nitrogens with one attached hydrogen (secondary N) is 1. The maximum atomic E-state index is 12.0. The van der Waals surface area contributed by atoms with Gasteiger partial charge in [0, 0.05) is 35.7 Å². The molecule has 5 rings (SSSR count). The minimum atomic E-state index is 0. The first kappa shape index (κ1) is 15.9. The number of anilines is 1. The van der Waals surface area contributed by atoms with Crippen LogP contribution in [0.1, 0.15) is 25.3 Å². The fourth-order valence-corrected chi connectivity index (χ4v) is 6.07. The minimum absolute atomic E-state index is 0. The van der Waals surface area contributed by atoms with Gasteiger partial charge in [-0.3, -0.25) is 4.79 Å². The molecule has 1 aromatic carbocycles. The van der Waals surface area contributed by atoms with Crippen LogP contribution in [0.2, 0.25) is 0 Å². The zero-order chi connectivity index (χ0) is 15.8. The lowest BCUT2D eigenvalue weighted by Crippen LogP contribution is -3.00. The van der Waals surface area contributed by atoms with E-state index >= 15 is 0 Å². The topological polar surface area (TPSA) is 29.1 Å². The largest absolute Gasteiger partial charge is 1.00 e. The maximum absolute atomic E-state index is 12.0. The fraction of sp³-hybridized carbons (Fsp3) is 0.450. The van der Waals surface area contributed by atoms with Crippen molar-refractivity contribution in [1.29, 1.82) is 0 Å². The van der Waals surface area contributed by atoms with E-state index in [1.54, 1.807) is 0 Å². The minimum Gasteiger partial charge on any atom is -1.00 e. The van der Waals surface area contributed by atoms with E-state index in [9.17, 15) is 4.79 Å². The molecule has 4 heteroatoms. The number of halogens is 1. The molecular weight excluding hydrogens is 320 g/mol. The summed E-state index contributed by atoms with van der Waals surface area (Å²) >= 11 is 0. The van der Waals surface area contributed by atoms with Gasteiger partial charge in [0.1, 0.15) is 18.9 Å². The summed E-state index contributed by atoms with van der Waals surface area (Å²) in [6.07, 6.45) is 5.65. The van der Waals surface area contributed by atoms with E-state index in [0.717, 1.165) is 35.7 Å². The molecule has 126 valence electrons. The zero-order valence-electron chi connectivity index (χ0n) is 14.2. The van der Waals surface area contributed by atoms with Crippen molar-refractivity contribution in [3.05, 3.63) is 52.7 Å². The first-order valence-corrected chi connectivity index (χ1v) is 8.70. The molecule has 0 radical (unpaired) electrons. The van der Waals surface area contributed by atoms with Crippen molar-refractivity contribution in [2.45, 2.75) is 31.2 Å². The van der Waals surface area contributed by atoms with Crippen molar-refractivity contribution in [3.63, 3.8) is 0 Å². The number of hydrogen-bond acceptors (Lipinski definition) is 2. The van der Waals surface area contributed by atoms with Gasteiger partial charge in [-0.25, -0.2) is 0 Å². The van der Waals surface area contributed by atoms with Gasteiger partial charge in [-0.05, 0) is 24.1 Å². The van der Waals surface area contributed by atoms with Crippen molar-refractivity contribution < 1.29 is 21.7 Å². The first-order valence-electron chi connectivity index (χ1n) is 8.70. The lowest BCUT2D eigenvalue weighted by molar-refractivity contribution is -0.923. The highest BCUT2D eigenvalue weighted by molar-refractivity contribution is 5.84. The number of hydrogen-bond donors (Lipinski definition) is 1. The summed E-state index contributed by atoms with van der Waals surface area (Å²) in [4.78, 5) is 12.0. The van der Waals surface area contributed by atoms with Crippen LogP contribution in [0.3, 0.4) is 0 Å². The molecule has 3 nitrogen and oxygen atoms in total. The number of benzene rings is 1. The van der Waals surface area contributed by atoms with Gasteiger partial charge in [0.2, 0.25) is 0 Å². The van der Waals surface area contributed by atoms with Crippen LogP contribution in [0, 0.1) is 5.92 Å². The Bertz CT molecular complexity index is 799. The highest BCUT2D eigenvalue weighted by Crippen LogP contribution is 2.62. The summed E-state index contributed by atoms with van der Waals surface area (Å²) in [6.45, 7) is 4.42. The molecule has 0 aromatic heterocycles. The molecule has 3 aliphatic heterocycles. The molecule has 1 aromatic rings. The summed E-state index contributed by atoms with van der Waals surface area (Å²) < 4.78 is 1.13. The number of rotatable bonds is 1. The van der Waals surface area contributed by atoms with Gasteiger partial charge in [-0.2, -0.15) is 0 Å². The molecular formula is C20H23ClN2O. The maximum Gasteiger partial charge on any atom is 0.148 e. The van der Waals surface area contributed by atoms with Crippen LogP contribution in [-0.2, 0) is 10.2 Å². The molecule has 3 heterocycles. The SMILES string of the molecule is C/C=C1/C[N+]2(C)CCC34C(=C(C=O)C1CC32)Nc1ccccc14.[Cl-]. The van der Waals surface area contributed by atoms with Gasteiger partial charge in [-0.15, -0.1) is 0 Å². The van der Waals surface area contributed by atoms with Crippen LogP contribution >= 0.6 is 0 Å². The van der Waals surface area contributed by atoms with Crippen molar-refractivity contribution >= 4 is 12.0 Å². The number of aldehydes is 1. The molecule has 2 bridgehead atoms. The number of carbonyl (C=O) groups excluding carboxylic acids is 1. The molecule has 0 saturated carbocycles. The molecule has 4 atom stereocenters. The number of likely N-dealkylation sites (N-methyl/N-ethyl adjacent to an activating group) is 1. The number of fused-ring (bicyclic) bond motifs is 2. The van der Waals surface area contributed by atoms with Crippen molar-refractivity contribution in [2.24, 2.45) is 5.92 Å². The Morgan fingerprint density at radius 2 is 2.12 bits per heavy atom. The van der Waals surface area contributed by atoms with Gasteiger partial charge in [-0.1, -0.05) is 24.3 Å². The second-order valence-corrected chi connectivity index (χ2v) is 7.87. The van der Waals surface area contributed by atoms with Crippen LogP contribution in [0.4, 0.5) is 5.69 Å². The van der Waals surface area contributed by atoms with Gasteiger partial charge >= 0.3 is 0 Å². The second-order valence-electron chi connectivity index (χ2n) is 7.87. The van der Waals surface area contributed by atoms with E-state index < -0.39 is 0 Å². The third-order valence-corrected chi connectivity index (χ3v) is 7.06. The Morgan fingerprint density at radius 3 is 2.88 bits per heavy atom. The molecule has 2 fully saturated rings. The third-order valence-electron chi connectivity index (χ3n) is 7.06. The summed E-state index contributed by atoms with van der Waals surface area (Å²) in [5.74, 6) is 0.316. The number of quaternary nitrogens is 1. The predicted octanol–water partition coefficient (Wildman–Crippen LogP) is 0.00560. The number of carbonyl (C=O) groups is 1. The number of allylic oxidation sites excluding steroid dienone is 2. The normalized spacial score (nSPS) is 39.8. The average molecular weight is 343 g/mol. The molecule has 1 aliphatic carbocycles. The summed E-state index contributed by atoms with van der Waals surface area (Å²) in [5, 5.41) is 3.66. The van der Waals surface area contributed by atoms with E-state index in [1.807, 2.05) is 0 Å². The summed E-state index contributed by atoms with van der Waals surface area (Å²) in [5.41, 5.74) is 6.35. The van der Waals surface area contributed by atoms with Crippen LogP contribution in [0.5, 0.6) is 0 Å². The quantitative estimate of drug-likeness (QED) is 0.442. The molecule has 4 aliphatic rings. The van der Waals surface area contributed by atoms with Gasteiger partial charge < -0.3 is 22.2 Å². The van der Waals surface area contributed by atoms with Crippen LogP contribution < -0.4 is 17.7 Å². The first-order chi connectivity index (χ1) is 11.1. The van der Waals surface area contributed by atoms with E-state index in [-0.39, 0.29) is 17.8 Å². The number of piperidine rings is 1. The molecule has 4 unspecified atom stereocenters. The van der Waals surface area contributed by atoms with Crippen LogP contribution in [0.15, 0.2) is 47.2 Å².